The highest BCUT2D eigenvalue weighted by Gasteiger charge is 2.68. The molecular formula is C21H29NO3. The van der Waals surface area contributed by atoms with Crippen molar-refractivity contribution in [2.24, 2.45) is 22.7 Å². The maximum Gasteiger partial charge on any atom is 0.217 e. The average molecular weight is 343 g/mol. The van der Waals surface area contributed by atoms with Crippen LogP contribution in [0, 0.1) is 22.7 Å². The number of hydrogen-bond donors (Lipinski definition) is 1. The molecule has 1 spiro atoms. The number of carbonyl (C=O) groups excluding carboxylic acids is 1. The fourth-order valence-electron chi connectivity index (χ4n) is 6.11. The predicted molar refractivity (Wildman–Crippen MR) is 96.3 cm³/mol. The van der Waals surface area contributed by atoms with E-state index in [1.54, 1.807) is 14.0 Å². The topological polar surface area (TPSA) is 47.6 Å². The van der Waals surface area contributed by atoms with E-state index >= 15 is 0 Å². The monoisotopic (exact) mass is 343 g/mol. The van der Waals surface area contributed by atoms with Crippen LogP contribution in [0.25, 0.3) is 0 Å². The fourth-order valence-corrected chi connectivity index (χ4v) is 6.11. The van der Waals surface area contributed by atoms with Gasteiger partial charge in [0.25, 0.3) is 0 Å². The second-order valence-electron chi connectivity index (χ2n) is 8.75. The van der Waals surface area contributed by atoms with Crippen molar-refractivity contribution >= 4 is 5.91 Å². The number of fused-ring (bicyclic) bond motifs is 1. The first-order chi connectivity index (χ1) is 11.9. The second kappa shape index (κ2) is 5.73. The Kier molecular flexibility index (Phi) is 3.87. The Bertz CT molecular complexity index is 668. The van der Waals surface area contributed by atoms with E-state index in [-0.39, 0.29) is 28.9 Å². The lowest BCUT2D eigenvalue weighted by atomic mass is 9.59. The Morgan fingerprint density at radius 1 is 1.28 bits per heavy atom. The third-order valence-electron chi connectivity index (χ3n) is 7.30. The molecule has 0 unspecified atom stereocenters. The number of ether oxygens (including phenoxy) is 2. The van der Waals surface area contributed by atoms with Crippen LogP contribution in [0.4, 0.5) is 0 Å². The van der Waals surface area contributed by atoms with Gasteiger partial charge in [0.15, 0.2) is 0 Å². The molecule has 1 saturated heterocycles. The van der Waals surface area contributed by atoms with Crippen LogP contribution in [-0.4, -0.2) is 25.7 Å². The molecule has 3 aliphatic rings. The molecule has 3 fully saturated rings. The first-order valence-electron chi connectivity index (χ1n) is 9.41. The molecule has 2 aliphatic carbocycles. The Morgan fingerprint density at radius 3 is 2.64 bits per heavy atom. The van der Waals surface area contributed by atoms with Gasteiger partial charge in [0.2, 0.25) is 5.91 Å². The number of nitrogens with one attached hydrogen (secondary N) is 1. The average Bonchev–Trinajstić information content (AvgIpc) is 3.07. The minimum absolute atomic E-state index is 0.0891. The van der Waals surface area contributed by atoms with E-state index in [0.29, 0.717) is 11.8 Å². The molecule has 4 heteroatoms. The summed E-state index contributed by atoms with van der Waals surface area (Å²) in [5.74, 6) is 2.09. The van der Waals surface area contributed by atoms with Gasteiger partial charge in [-0.1, -0.05) is 26.0 Å². The van der Waals surface area contributed by atoms with Crippen molar-refractivity contribution in [3.8, 4) is 5.75 Å². The number of hydrogen-bond acceptors (Lipinski definition) is 3. The number of rotatable bonds is 3. The van der Waals surface area contributed by atoms with Crippen LogP contribution in [0.3, 0.4) is 0 Å². The molecule has 1 aliphatic heterocycles. The largest absolute Gasteiger partial charge is 0.497 e. The molecule has 0 radical (unpaired) electrons. The highest BCUT2D eigenvalue weighted by Crippen LogP contribution is 2.70. The van der Waals surface area contributed by atoms with Gasteiger partial charge >= 0.3 is 0 Å². The summed E-state index contributed by atoms with van der Waals surface area (Å²) in [5, 5.41) is 3.33. The van der Waals surface area contributed by atoms with Gasteiger partial charge in [0.05, 0.1) is 13.2 Å². The maximum absolute atomic E-state index is 11.9. The highest BCUT2D eigenvalue weighted by atomic mass is 16.5. The smallest absolute Gasteiger partial charge is 0.217 e. The quantitative estimate of drug-likeness (QED) is 0.910. The van der Waals surface area contributed by atoms with Gasteiger partial charge in [-0.3, -0.25) is 4.79 Å². The highest BCUT2D eigenvalue weighted by molar-refractivity contribution is 5.73. The lowest BCUT2D eigenvalue weighted by Gasteiger charge is -2.53. The van der Waals surface area contributed by atoms with E-state index in [4.69, 9.17) is 9.47 Å². The van der Waals surface area contributed by atoms with Gasteiger partial charge in [-0.05, 0) is 59.6 Å². The molecule has 2 saturated carbocycles. The maximum atomic E-state index is 11.9. The first-order valence-corrected chi connectivity index (χ1v) is 9.41. The van der Waals surface area contributed by atoms with Crippen molar-refractivity contribution in [3.63, 3.8) is 0 Å². The standard InChI is InChI=1S/C21H29NO3/c1-13(23)22-19-20(2,3)15-11-17-18(25-10-9-21(17,19)12-15)14-5-7-16(24-4)8-6-14/h5-8,15,17-19H,9-12H2,1-4H3,(H,22,23)/t15-,17-,18-,19+,21-/m1/s1. The second-order valence-corrected chi connectivity index (χ2v) is 8.75. The summed E-state index contributed by atoms with van der Waals surface area (Å²) >= 11 is 0. The lowest BCUT2D eigenvalue weighted by molar-refractivity contribution is -0.136. The van der Waals surface area contributed by atoms with Crippen molar-refractivity contribution in [1.29, 1.82) is 0 Å². The van der Waals surface area contributed by atoms with Gasteiger partial charge in [-0.25, -0.2) is 0 Å². The van der Waals surface area contributed by atoms with Gasteiger partial charge in [-0.15, -0.1) is 0 Å². The minimum atomic E-state index is 0.0891. The molecule has 1 amide bonds. The normalized spacial score (nSPS) is 38.2. The zero-order chi connectivity index (χ0) is 17.8. The zero-order valence-corrected chi connectivity index (χ0v) is 15.7. The Balaban J connectivity index is 1.68. The van der Waals surface area contributed by atoms with Gasteiger partial charge in [0.1, 0.15) is 5.75 Å². The van der Waals surface area contributed by atoms with E-state index in [1.165, 1.54) is 18.4 Å². The van der Waals surface area contributed by atoms with Gasteiger partial charge in [-0.2, -0.15) is 0 Å². The number of benzene rings is 1. The molecule has 4 rings (SSSR count). The Morgan fingerprint density at radius 2 is 2.00 bits per heavy atom. The van der Waals surface area contributed by atoms with Crippen molar-refractivity contribution in [1.82, 2.24) is 5.32 Å². The van der Waals surface area contributed by atoms with Crippen LogP contribution in [-0.2, 0) is 9.53 Å². The van der Waals surface area contributed by atoms with Crippen LogP contribution in [0.15, 0.2) is 24.3 Å². The van der Waals surface area contributed by atoms with E-state index < -0.39 is 0 Å². The van der Waals surface area contributed by atoms with E-state index in [2.05, 4.69) is 31.3 Å². The Labute approximate surface area is 150 Å². The van der Waals surface area contributed by atoms with Crippen molar-refractivity contribution < 1.29 is 14.3 Å². The third kappa shape index (κ3) is 2.41. The summed E-state index contributed by atoms with van der Waals surface area (Å²) in [7, 11) is 1.69. The minimum Gasteiger partial charge on any atom is -0.497 e. The summed E-state index contributed by atoms with van der Waals surface area (Å²) in [4.78, 5) is 11.9. The summed E-state index contributed by atoms with van der Waals surface area (Å²) < 4.78 is 11.6. The van der Waals surface area contributed by atoms with Gasteiger partial charge in [0, 0.05) is 19.6 Å². The molecule has 2 bridgehead atoms. The van der Waals surface area contributed by atoms with Crippen molar-refractivity contribution in [3.05, 3.63) is 29.8 Å². The molecule has 4 nitrogen and oxygen atoms in total. The summed E-state index contributed by atoms with van der Waals surface area (Å²) in [6, 6.07) is 8.54. The van der Waals surface area contributed by atoms with Crippen LogP contribution < -0.4 is 10.1 Å². The van der Waals surface area contributed by atoms with E-state index in [0.717, 1.165) is 18.8 Å². The molecule has 1 aromatic carbocycles. The number of methoxy groups -OCH3 is 1. The lowest BCUT2D eigenvalue weighted by Crippen LogP contribution is -2.58. The van der Waals surface area contributed by atoms with Gasteiger partial charge < -0.3 is 14.8 Å². The molecule has 136 valence electrons. The van der Waals surface area contributed by atoms with E-state index in [9.17, 15) is 4.79 Å². The first kappa shape index (κ1) is 16.9. The van der Waals surface area contributed by atoms with Crippen LogP contribution in [0.1, 0.15) is 51.7 Å². The Hall–Kier alpha value is -1.55. The van der Waals surface area contributed by atoms with E-state index in [1.807, 2.05) is 12.1 Å². The SMILES string of the molecule is COc1ccc([C@H]2OCC[C@@]34C[C@@H](C[C@H]23)C(C)(C)[C@@H]4NC(C)=O)cc1. The van der Waals surface area contributed by atoms with Crippen LogP contribution >= 0.6 is 0 Å². The number of carbonyl (C=O) groups is 1. The molecule has 5 atom stereocenters. The van der Waals surface area contributed by atoms with Crippen LogP contribution in [0.2, 0.25) is 0 Å². The fraction of sp³-hybridized carbons (Fsp3) is 0.667. The van der Waals surface area contributed by atoms with Crippen LogP contribution in [0.5, 0.6) is 5.75 Å². The molecular weight excluding hydrogens is 314 g/mol. The summed E-state index contributed by atoms with van der Waals surface area (Å²) in [6.45, 7) is 7.09. The molecule has 1 aromatic rings. The molecule has 0 aromatic heterocycles. The number of amides is 1. The van der Waals surface area contributed by atoms with Crippen molar-refractivity contribution in [2.75, 3.05) is 13.7 Å². The third-order valence-corrected chi connectivity index (χ3v) is 7.30. The van der Waals surface area contributed by atoms with Crippen molar-refractivity contribution in [2.45, 2.75) is 52.2 Å². The summed E-state index contributed by atoms with van der Waals surface area (Å²) in [6.07, 6.45) is 3.58. The summed E-state index contributed by atoms with van der Waals surface area (Å²) in [5.41, 5.74) is 1.56. The zero-order valence-electron chi connectivity index (χ0n) is 15.7. The molecule has 1 heterocycles. The molecule has 1 N–H and O–H groups in total. The molecule has 25 heavy (non-hydrogen) atoms. The predicted octanol–water partition coefficient (Wildman–Crippen LogP) is 3.71.